The summed E-state index contributed by atoms with van der Waals surface area (Å²) in [5, 5.41) is 19.7. The van der Waals surface area contributed by atoms with E-state index in [0.29, 0.717) is 18.5 Å². The summed E-state index contributed by atoms with van der Waals surface area (Å²) >= 11 is 0. The molecule has 19 heavy (non-hydrogen) atoms. The smallest absolute Gasteiger partial charge is 0.317 e. The monoisotopic (exact) mass is 266 g/mol. The van der Waals surface area contributed by atoms with Crippen LogP contribution in [0.1, 0.15) is 19.4 Å². The zero-order valence-electron chi connectivity index (χ0n) is 11.1. The molecule has 0 atom stereocenters. The van der Waals surface area contributed by atoms with Crippen molar-refractivity contribution in [1.82, 2.24) is 4.90 Å². The normalized spacial score (nSPS) is 10.9. The topological polar surface area (TPSA) is 83.7 Å². The van der Waals surface area contributed by atoms with Crippen molar-refractivity contribution < 1.29 is 14.8 Å². The lowest BCUT2D eigenvalue weighted by atomic mass is 10.1. The summed E-state index contributed by atoms with van der Waals surface area (Å²) in [6.45, 7) is 4.23. The van der Waals surface area contributed by atoms with Gasteiger partial charge in [0, 0.05) is 24.2 Å². The van der Waals surface area contributed by atoms with Crippen LogP contribution >= 0.6 is 0 Å². The zero-order chi connectivity index (χ0) is 14.4. The first-order valence-corrected chi connectivity index (χ1v) is 6.10. The fourth-order valence-corrected chi connectivity index (χ4v) is 1.86. The first kappa shape index (κ1) is 15.1. The second-order valence-corrected chi connectivity index (χ2v) is 4.59. The van der Waals surface area contributed by atoms with E-state index in [-0.39, 0.29) is 18.3 Å². The number of nitro groups is 1. The summed E-state index contributed by atoms with van der Waals surface area (Å²) in [7, 11) is 0. The van der Waals surface area contributed by atoms with E-state index >= 15 is 0 Å². The van der Waals surface area contributed by atoms with Crippen LogP contribution in [-0.2, 0) is 11.2 Å². The molecule has 6 nitrogen and oxygen atoms in total. The van der Waals surface area contributed by atoms with Gasteiger partial charge in [-0.15, -0.1) is 0 Å². The Labute approximate surface area is 111 Å². The van der Waals surface area contributed by atoms with Gasteiger partial charge in [-0.2, -0.15) is 0 Å². The third kappa shape index (κ3) is 4.67. The summed E-state index contributed by atoms with van der Waals surface area (Å²) in [4.78, 5) is 23.0. The lowest BCUT2D eigenvalue weighted by Gasteiger charge is -2.24. The minimum absolute atomic E-state index is 0.0572. The first-order chi connectivity index (χ1) is 8.91. The minimum atomic E-state index is -0.892. The second-order valence-electron chi connectivity index (χ2n) is 4.59. The van der Waals surface area contributed by atoms with Gasteiger partial charge in [-0.25, -0.2) is 0 Å². The average molecular weight is 266 g/mol. The van der Waals surface area contributed by atoms with Crippen LogP contribution in [0.25, 0.3) is 0 Å². The number of carboxylic acid groups (broad SMARTS) is 1. The van der Waals surface area contributed by atoms with E-state index in [1.165, 1.54) is 6.07 Å². The lowest BCUT2D eigenvalue weighted by molar-refractivity contribution is -0.385. The van der Waals surface area contributed by atoms with Gasteiger partial charge in [0.25, 0.3) is 5.69 Å². The molecule has 0 amide bonds. The Kier molecular flexibility index (Phi) is 5.44. The van der Waals surface area contributed by atoms with Gasteiger partial charge in [0.15, 0.2) is 0 Å². The SMILES string of the molecule is CC(C)N(CCc1ccccc1[N+](=O)[O-])CC(=O)O. The highest BCUT2D eigenvalue weighted by atomic mass is 16.6. The molecule has 0 radical (unpaired) electrons. The van der Waals surface area contributed by atoms with Gasteiger partial charge in [-0.1, -0.05) is 18.2 Å². The summed E-state index contributed by atoms with van der Waals surface area (Å²) in [5.41, 5.74) is 0.713. The Morgan fingerprint density at radius 1 is 1.42 bits per heavy atom. The molecule has 0 saturated heterocycles. The molecule has 0 saturated carbocycles. The third-order valence-electron chi connectivity index (χ3n) is 2.93. The third-order valence-corrected chi connectivity index (χ3v) is 2.93. The molecule has 0 unspecified atom stereocenters. The fourth-order valence-electron chi connectivity index (χ4n) is 1.86. The van der Waals surface area contributed by atoms with Crippen molar-refractivity contribution in [3.05, 3.63) is 39.9 Å². The Morgan fingerprint density at radius 3 is 2.58 bits per heavy atom. The van der Waals surface area contributed by atoms with Crippen LogP contribution in [0.4, 0.5) is 5.69 Å². The van der Waals surface area contributed by atoms with Crippen molar-refractivity contribution in [3.63, 3.8) is 0 Å². The van der Waals surface area contributed by atoms with Gasteiger partial charge in [-0.05, 0) is 20.3 Å². The molecule has 0 heterocycles. The van der Waals surface area contributed by atoms with Crippen molar-refractivity contribution >= 4 is 11.7 Å². The summed E-state index contributed by atoms with van der Waals surface area (Å²) < 4.78 is 0. The van der Waals surface area contributed by atoms with E-state index < -0.39 is 10.9 Å². The fraction of sp³-hybridized carbons (Fsp3) is 0.462. The number of benzene rings is 1. The molecule has 0 aliphatic rings. The van der Waals surface area contributed by atoms with Crippen LogP contribution in [0.2, 0.25) is 0 Å². The van der Waals surface area contributed by atoms with E-state index in [9.17, 15) is 14.9 Å². The van der Waals surface area contributed by atoms with Crippen LogP contribution in [0.5, 0.6) is 0 Å². The number of aliphatic carboxylic acids is 1. The molecular weight excluding hydrogens is 248 g/mol. The van der Waals surface area contributed by atoms with Crippen molar-refractivity contribution in [1.29, 1.82) is 0 Å². The Balaban J connectivity index is 2.74. The molecule has 1 rings (SSSR count). The Morgan fingerprint density at radius 2 is 2.05 bits per heavy atom. The number of hydrogen-bond donors (Lipinski definition) is 1. The highest BCUT2D eigenvalue weighted by Gasteiger charge is 2.16. The van der Waals surface area contributed by atoms with Crippen LogP contribution < -0.4 is 0 Å². The maximum Gasteiger partial charge on any atom is 0.317 e. The van der Waals surface area contributed by atoms with E-state index in [1.807, 2.05) is 13.8 Å². The van der Waals surface area contributed by atoms with Gasteiger partial charge in [0.1, 0.15) is 0 Å². The molecule has 6 heteroatoms. The van der Waals surface area contributed by atoms with E-state index in [1.54, 1.807) is 23.1 Å². The Hall–Kier alpha value is -1.95. The van der Waals surface area contributed by atoms with Crippen molar-refractivity contribution in [2.75, 3.05) is 13.1 Å². The molecule has 0 aliphatic carbocycles. The predicted octanol–water partition coefficient (Wildman–Crippen LogP) is 1.93. The molecule has 0 aliphatic heterocycles. The molecule has 0 fully saturated rings. The predicted molar refractivity (Wildman–Crippen MR) is 71.1 cm³/mol. The highest BCUT2D eigenvalue weighted by Crippen LogP contribution is 2.18. The van der Waals surface area contributed by atoms with E-state index in [2.05, 4.69) is 0 Å². The first-order valence-electron chi connectivity index (χ1n) is 6.10. The van der Waals surface area contributed by atoms with Crippen molar-refractivity contribution in [3.8, 4) is 0 Å². The summed E-state index contributed by atoms with van der Waals surface area (Å²) in [6, 6.07) is 6.63. The largest absolute Gasteiger partial charge is 0.480 e. The number of carboxylic acids is 1. The Bertz CT molecular complexity index is 460. The van der Waals surface area contributed by atoms with E-state index in [0.717, 1.165) is 0 Å². The molecule has 1 N–H and O–H groups in total. The lowest BCUT2D eigenvalue weighted by Crippen LogP contribution is -2.37. The van der Waals surface area contributed by atoms with Crippen LogP contribution in [0, 0.1) is 10.1 Å². The van der Waals surface area contributed by atoms with E-state index in [4.69, 9.17) is 5.11 Å². The van der Waals surface area contributed by atoms with Crippen LogP contribution in [-0.4, -0.2) is 40.0 Å². The molecule has 104 valence electrons. The minimum Gasteiger partial charge on any atom is -0.480 e. The maximum absolute atomic E-state index is 10.9. The van der Waals surface area contributed by atoms with Crippen LogP contribution in [0.15, 0.2) is 24.3 Å². The number of nitro benzene ring substituents is 1. The number of carbonyl (C=O) groups is 1. The molecule has 0 aromatic heterocycles. The van der Waals surface area contributed by atoms with Crippen LogP contribution in [0.3, 0.4) is 0 Å². The van der Waals surface area contributed by atoms with Gasteiger partial charge in [0.2, 0.25) is 0 Å². The molecule has 1 aromatic carbocycles. The number of hydrogen-bond acceptors (Lipinski definition) is 4. The summed E-state index contributed by atoms with van der Waals surface area (Å²) in [6.07, 6.45) is 0.461. The van der Waals surface area contributed by atoms with Gasteiger partial charge >= 0.3 is 5.97 Å². The number of para-hydroxylation sites is 1. The van der Waals surface area contributed by atoms with Gasteiger partial charge in [0.05, 0.1) is 11.5 Å². The second kappa shape index (κ2) is 6.84. The van der Waals surface area contributed by atoms with Crippen molar-refractivity contribution in [2.45, 2.75) is 26.3 Å². The number of nitrogens with zero attached hydrogens (tertiary/aromatic N) is 2. The maximum atomic E-state index is 10.9. The molecule has 1 aromatic rings. The van der Waals surface area contributed by atoms with Gasteiger partial charge in [-0.3, -0.25) is 19.8 Å². The zero-order valence-corrected chi connectivity index (χ0v) is 11.1. The molecule has 0 bridgehead atoms. The number of rotatable bonds is 7. The molecular formula is C13H18N2O4. The average Bonchev–Trinajstić information content (AvgIpc) is 2.34. The van der Waals surface area contributed by atoms with Crippen molar-refractivity contribution in [2.24, 2.45) is 0 Å². The quantitative estimate of drug-likeness (QED) is 0.602. The molecule has 0 spiro atoms. The summed E-state index contributed by atoms with van der Waals surface area (Å²) in [5.74, 6) is -0.892. The van der Waals surface area contributed by atoms with Gasteiger partial charge < -0.3 is 5.11 Å². The highest BCUT2D eigenvalue weighted by molar-refractivity contribution is 5.69. The standard InChI is InChI=1S/C13H18N2O4/c1-10(2)14(9-13(16)17)8-7-11-5-3-4-6-12(11)15(18)19/h3-6,10H,7-9H2,1-2H3,(H,16,17).